The molecule has 1 heterocycles. The molecule has 0 aliphatic rings. The van der Waals surface area contributed by atoms with Gasteiger partial charge in [-0.05, 0) is 43.7 Å². The minimum Gasteiger partial charge on any atom is -0.490 e. The maximum absolute atomic E-state index is 12.1. The summed E-state index contributed by atoms with van der Waals surface area (Å²) in [7, 11) is 0. The number of aliphatic hydroxyl groups excluding tert-OH is 1. The van der Waals surface area contributed by atoms with E-state index in [-0.39, 0.29) is 24.5 Å². The number of aromatic nitrogens is 2. The Bertz CT molecular complexity index is 1150. The van der Waals surface area contributed by atoms with Gasteiger partial charge in [0.2, 0.25) is 5.95 Å². The molecule has 0 radical (unpaired) electrons. The molecule has 0 spiro atoms. The highest BCUT2D eigenvalue weighted by molar-refractivity contribution is 6.31. The smallest absolute Gasteiger partial charge is 0.255 e. The summed E-state index contributed by atoms with van der Waals surface area (Å²) in [4.78, 5) is 19.0. The second-order valence-electron chi connectivity index (χ2n) is 6.84. The molecular formula is C23H25ClN4O4. The third-order valence-corrected chi connectivity index (χ3v) is 4.95. The van der Waals surface area contributed by atoms with E-state index in [4.69, 9.17) is 26.2 Å². The minimum atomic E-state index is -0.303. The number of anilines is 1. The molecule has 32 heavy (non-hydrogen) atoms. The molecule has 0 atom stereocenters. The molecule has 0 amide bonds. The Balaban J connectivity index is 1.70. The van der Waals surface area contributed by atoms with Crippen LogP contribution >= 0.6 is 11.6 Å². The molecular weight excluding hydrogens is 432 g/mol. The van der Waals surface area contributed by atoms with Gasteiger partial charge in [0.25, 0.3) is 5.56 Å². The minimum absolute atomic E-state index is 0.114. The fourth-order valence-corrected chi connectivity index (χ4v) is 3.19. The standard InChI is InChI=1S/C23H25ClN4O4/c1-3-31-21-12-16(8-9-20(21)32-14-17-6-4-5-7-19(17)24)13-25-28-23-26-15(2)18(10-11-29)22(30)27-23/h4-9,12-13,29H,3,10-11,14H2,1-2H3,(H2,26,27,28,30)/b25-13-. The van der Waals surface area contributed by atoms with E-state index in [0.717, 1.165) is 11.1 Å². The van der Waals surface area contributed by atoms with Crippen molar-refractivity contribution >= 4 is 23.8 Å². The number of aliphatic hydroxyl groups is 1. The lowest BCUT2D eigenvalue weighted by Crippen LogP contribution is -2.19. The van der Waals surface area contributed by atoms with Crippen molar-refractivity contribution in [3.63, 3.8) is 0 Å². The van der Waals surface area contributed by atoms with Gasteiger partial charge in [-0.2, -0.15) is 5.10 Å². The fraction of sp³-hybridized carbons (Fsp3) is 0.261. The monoisotopic (exact) mass is 456 g/mol. The Morgan fingerprint density at radius 2 is 2.03 bits per heavy atom. The van der Waals surface area contributed by atoms with E-state index >= 15 is 0 Å². The Morgan fingerprint density at radius 1 is 1.22 bits per heavy atom. The van der Waals surface area contributed by atoms with Gasteiger partial charge < -0.3 is 14.6 Å². The van der Waals surface area contributed by atoms with E-state index < -0.39 is 0 Å². The molecule has 3 N–H and O–H groups in total. The molecule has 0 aliphatic heterocycles. The van der Waals surface area contributed by atoms with Crippen LogP contribution in [0.15, 0.2) is 52.4 Å². The number of nitrogens with zero attached hydrogens (tertiary/aromatic N) is 2. The lowest BCUT2D eigenvalue weighted by molar-refractivity contribution is 0.269. The number of hydrogen-bond donors (Lipinski definition) is 3. The molecule has 9 heteroatoms. The zero-order chi connectivity index (χ0) is 22.9. The van der Waals surface area contributed by atoms with Gasteiger partial charge in [0.15, 0.2) is 11.5 Å². The van der Waals surface area contributed by atoms with Crippen LogP contribution in [0, 0.1) is 6.92 Å². The van der Waals surface area contributed by atoms with Gasteiger partial charge in [0.05, 0.1) is 18.5 Å². The maximum atomic E-state index is 12.1. The van der Waals surface area contributed by atoms with Gasteiger partial charge in [-0.3, -0.25) is 9.78 Å². The quantitative estimate of drug-likeness (QED) is 0.317. The van der Waals surface area contributed by atoms with Gasteiger partial charge in [0, 0.05) is 29.2 Å². The topological polar surface area (TPSA) is 109 Å². The summed E-state index contributed by atoms with van der Waals surface area (Å²) in [5.74, 6) is 1.40. The Kier molecular flexibility index (Phi) is 8.24. The van der Waals surface area contributed by atoms with Crippen molar-refractivity contribution in [1.29, 1.82) is 0 Å². The first-order valence-electron chi connectivity index (χ1n) is 10.1. The van der Waals surface area contributed by atoms with E-state index in [0.29, 0.717) is 41.0 Å². The van der Waals surface area contributed by atoms with Gasteiger partial charge in [0.1, 0.15) is 6.61 Å². The highest BCUT2D eigenvalue weighted by Gasteiger charge is 2.09. The molecule has 3 rings (SSSR count). The van der Waals surface area contributed by atoms with E-state index in [1.165, 1.54) is 0 Å². The normalized spacial score (nSPS) is 11.0. The lowest BCUT2D eigenvalue weighted by Gasteiger charge is -2.13. The number of hydrogen-bond acceptors (Lipinski definition) is 7. The van der Waals surface area contributed by atoms with Crippen molar-refractivity contribution in [3.05, 3.63) is 80.2 Å². The predicted octanol–water partition coefficient (Wildman–Crippen LogP) is 3.69. The predicted molar refractivity (Wildman–Crippen MR) is 125 cm³/mol. The SMILES string of the molecule is CCOc1cc(/C=N\Nc2nc(C)c(CCO)c(=O)[nH]2)ccc1OCc1ccccc1Cl. The molecule has 0 fully saturated rings. The van der Waals surface area contributed by atoms with Crippen LogP contribution in [0.25, 0.3) is 0 Å². The Hall–Kier alpha value is -3.36. The average molecular weight is 457 g/mol. The Morgan fingerprint density at radius 3 is 2.75 bits per heavy atom. The summed E-state index contributed by atoms with van der Waals surface area (Å²) in [5, 5.41) is 13.8. The van der Waals surface area contributed by atoms with Crippen LogP contribution < -0.4 is 20.5 Å². The first kappa shape index (κ1) is 23.3. The first-order valence-corrected chi connectivity index (χ1v) is 10.5. The number of aryl methyl sites for hydroxylation is 1. The molecule has 0 saturated heterocycles. The third-order valence-electron chi connectivity index (χ3n) is 4.58. The van der Waals surface area contributed by atoms with Gasteiger partial charge in [-0.15, -0.1) is 0 Å². The summed E-state index contributed by atoms with van der Waals surface area (Å²) in [5.41, 5.74) is 5.06. The zero-order valence-electron chi connectivity index (χ0n) is 17.9. The number of halogens is 1. The van der Waals surface area contributed by atoms with Crippen LogP contribution in [0.4, 0.5) is 5.95 Å². The average Bonchev–Trinajstić information content (AvgIpc) is 2.77. The first-order chi connectivity index (χ1) is 15.5. The van der Waals surface area contributed by atoms with Crippen molar-refractivity contribution in [2.24, 2.45) is 5.10 Å². The van der Waals surface area contributed by atoms with Crippen molar-refractivity contribution in [2.45, 2.75) is 26.9 Å². The summed E-state index contributed by atoms with van der Waals surface area (Å²) in [6.07, 6.45) is 1.83. The third kappa shape index (κ3) is 6.09. The molecule has 3 aromatic rings. The largest absolute Gasteiger partial charge is 0.490 e. The summed E-state index contributed by atoms with van der Waals surface area (Å²) < 4.78 is 11.6. The summed E-state index contributed by atoms with van der Waals surface area (Å²) >= 11 is 6.19. The second kappa shape index (κ2) is 11.3. The molecule has 0 unspecified atom stereocenters. The number of nitrogens with one attached hydrogen (secondary N) is 2. The van der Waals surface area contributed by atoms with Crippen molar-refractivity contribution in [1.82, 2.24) is 9.97 Å². The van der Waals surface area contributed by atoms with Crippen LogP contribution in [0.5, 0.6) is 11.5 Å². The summed E-state index contributed by atoms with van der Waals surface area (Å²) in [6, 6.07) is 13.0. The van der Waals surface area contributed by atoms with Crippen LogP contribution in [0.1, 0.15) is 29.3 Å². The molecule has 0 bridgehead atoms. The van der Waals surface area contributed by atoms with Crippen LogP contribution in [-0.4, -0.2) is 34.5 Å². The number of rotatable bonds is 10. The number of ether oxygens (including phenoxy) is 2. The van der Waals surface area contributed by atoms with Crippen molar-refractivity contribution in [3.8, 4) is 11.5 Å². The van der Waals surface area contributed by atoms with Crippen molar-refractivity contribution in [2.75, 3.05) is 18.6 Å². The van der Waals surface area contributed by atoms with E-state index in [9.17, 15) is 4.79 Å². The molecule has 168 valence electrons. The van der Waals surface area contributed by atoms with E-state index in [2.05, 4.69) is 20.5 Å². The number of hydrazone groups is 1. The highest BCUT2D eigenvalue weighted by atomic mass is 35.5. The number of H-pyrrole nitrogens is 1. The van der Waals surface area contributed by atoms with Crippen LogP contribution in [0.3, 0.4) is 0 Å². The molecule has 0 aliphatic carbocycles. The van der Waals surface area contributed by atoms with Gasteiger partial charge >= 0.3 is 0 Å². The molecule has 0 saturated carbocycles. The molecule has 1 aromatic heterocycles. The van der Waals surface area contributed by atoms with E-state index in [1.54, 1.807) is 19.2 Å². The zero-order valence-corrected chi connectivity index (χ0v) is 18.6. The number of aromatic amines is 1. The Labute approximate surface area is 190 Å². The van der Waals surface area contributed by atoms with Crippen LogP contribution in [-0.2, 0) is 13.0 Å². The lowest BCUT2D eigenvalue weighted by atomic mass is 10.2. The van der Waals surface area contributed by atoms with Gasteiger partial charge in [-0.25, -0.2) is 10.4 Å². The van der Waals surface area contributed by atoms with Gasteiger partial charge in [-0.1, -0.05) is 29.8 Å². The maximum Gasteiger partial charge on any atom is 0.255 e. The fourth-order valence-electron chi connectivity index (χ4n) is 3.00. The molecule has 2 aromatic carbocycles. The van der Waals surface area contributed by atoms with E-state index in [1.807, 2.05) is 43.3 Å². The highest BCUT2D eigenvalue weighted by Crippen LogP contribution is 2.29. The van der Waals surface area contributed by atoms with Crippen LogP contribution in [0.2, 0.25) is 5.02 Å². The van der Waals surface area contributed by atoms with Crippen molar-refractivity contribution < 1.29 is 14.6 Å². The summed E-state index contributed by atoms with van der Waals surface area (Å²) in [6.45, 7) is 4.29. The second-order valence-corrected chi connectivity index (χ2v) is 7.25. The molecule has 8 nitrogen and oxygen atoms in total. The number of benzene rings is 2.